The first-order chi connectivity index (χ1) is 13.7. The van der Waals surface area contributed by atoms with Gasteiger partial charge in [0, 0.05) is 31.2 Å². The third-order valence-electron chi connectivity index (χ3n) is 5.24. The zero-order valence-electron chi connectivity index (χ0n) is 16.5. The van der Waals surface area contributed by atoms with E-state index in [9.17, 15) is 0 Å². The first-order valence-corrected chi connectivity index (χ1v) is 9.81. The summed E-state index contributed by atoms with van der Waals surface area (Å²) in [5.74, 6) is 0. The summed E-state index contributed by atoms with van der Waals surface area (Å²) in [6.45, 7) is 2.82. The van der Waals surface area contributed by atoms with Gasteiger partial charge in [-0.05, 0) is 42.5 Å². The van der Waals surface area contributed by atoms with Gasteiger partial charge in [0.25, 0.3) is 0 Å². The lowest BCUT2D eigenvalue weighted by molar-refractivity contribution is 0.499. The molecule has 2 heterocycles. The van der Waals surface area contributed by atoms with Crippen LogP contribution in [-0.2, 0) is 20.0 Å². The highest BCUT2D eigenvalue weighted by Gasteiger charge is 2.12. The van der Waals surface area contributed by atoms with Gasteiger partial charge in [0.05, 0.1) is 5.69 Å². The second kappa shape index (κ2) is 8.36. The van der Waals surface area contributed by atoms with Crippen molar-refractivity contribution < 1.29 is 0 Å². The minimum atomic E-state index is 0.298. The fraction of sp³-hybridized carbons (Fsp3) is 0.250. The first-order valence-electron chi connectivity index (χ1n) is 9.81. The number of nitrogens with one attached hydrogen (secondary N) is 1. The zero-order chi connectivity index (χ0) is 19.3. The van der Waals surface area contributed by atoms with Crippen LogP contribution in [0.2, 0.25) is 0 Å². The van der Waals surface area contributed by atoms with Crippen LogP contribution < -0.4 is 5.32 Å². The molecule has 2 aromatic carbocycles. The summed E-state index contributed by atoms with van der Waals surface area (Å²) in [7, 11) is 1.94. The number of aryl methyl sites for hydroxylation is 3. The first kappa shape index (κ1) is 18.4. The molecule has 1 unspecified atom stereocenters. The molecule has 0 spiro atoms. The summed E-state index contributed by atoms with van der Waals surface area (Å²) in [5, 5.41) is 9.34. The molecular formula is C24H26N4. The maximum absolute atomic E-state index is 4.61. The van der Waals surface area contributed by atoms with Crippen molar-refractivity contribution in [2.75, 3.05) is 0 Å². The predicted molar refractivity (Wildman–Crippen MR) is 114 cm³/mol. The molecule has 1 N–H and O–H groups in total. The van der Waals surface area contributed by atoms with E-state index in [2.05, 4.69) is 82.1 Å². The number of benzene rings is 2. The van der Waals surface area contributed by atoms with Crippen molar-refractivity contribution >= 4 is 11.0 Å². The lowest BCUT2D eigenvalue weighted by Gasteiger charge is -2.19. The Labute approximate surface area is 166 Å². The van der Waals surface area contributed by atoms with Gasteiger partial charge in [-0.1, -0.05) is 60.7 Å². The van der Waals surface area contributed by atoms with Crippen LogP contribution in [0.15, 0.2) is 72.9 Å². The summed E-state index contributed by atoms with van der Waals surface area (Å²) in [5.41, 5.74) is 5.84. The molecular weight excluding hydrogens is 344 g/mol. The van der Waals surface area contributed by atoms with Gasteiger partial charge in [0.2, 0.25) is 0 Å². The molecule has 0 aliphatic rings. The van der Waals surface area contributed by atoms with E-state index >= 15 is 0 Å². The van der Waals surface area contributed by atoms with E-state index in [1.54, 1.807) is 0 Å². The van der Waals surface area contributed by atoms with Gasteiger partial charge < -0.3 is 5.32 Å². The fourth-order valence-corrected chi connectivity index (χ4v) is 3.72. The van der Waals surface area contributed by atoms with Crippen LogP contribution in [-0.4, -0.2) is 14.8 Å². The van der Waals surface area contributed by atoms with Crippen LogP contribution >= 0.6 is 0 Å². The van der Waals surface area contributed by atoms with Gasteiger partial charge in [-0.3, -0.25) is 4.68 Å². The number of aromatic nitrogens is 3. The van der Waals surface area contributed by atoms with Crippen molar-refractivity contribution in [2.45, 2.75) is 32.4 Å². The monoisotopic (exact) mass is 370 g/mol. The second-order valence-corrected chi connectivity index (χ2v) is 7.29. The fourth-order valence-electron chi connectivity index (χ4n) is 3.72. The Morgan fingerprint density at radius 2 is 1.68 bits per heavy atom. The Kier molecular flexibility index (Phi) is 5.49. The lowest BCUT2D eigenvalue weighted by atomic mass is 9.98. The van der Waals surface area contributed by atoms with Gasteiger partial charge in [-0.25, -0.2) is 4.98 Å². The summed E-state index contributed by atoms with van der Waals surface area (Å²) >= 11 is 0. The molecule has 0 aliphatic heterocycles. The van der Waals surface area contributed by atoms with Gasteiger partial charge in [0.15, 0.2) is 5.65 Å². The number of rotatable bonds is 7. The highest BCUT2D eigenvalue weighted by molar-refractivity contribution is 5.78. The van der Waals surface area contributed by atoms with Crippen LogP contribution in [0.1, 0.15) is 34.8 Å². The number of nitrogens with zero attached hydrogens (tertiary/aromatic N) is 3. The van der Waals surface area contributed by atoms with Crippen LogP contribution in [0.5, 0.6) is 0 Å². The van der Waals surface area contributed by atoms with E-state index in [0.29, 0.717) is 6.04 Å². The second-order valence-electron chi connectivity index (χ2n) is 7.29. The van der Waals surface area contributed by atoms with Crippen molar-refractivity contribution in [1.29, 1.82) is 0 Å². The largest absolute Gasteiger partial charge is 0.306 e. The molecule has 1 atom stereocenters. The third-order valence-corrected chi connectivity index (χ3v) is 5.24. The van der Waals surface area contributed by atoms with Gasteiger partial charge >= 0.3 is 0 Å². The molecule has 0 saturated heterocycles. The minimum Gasteiger partial charge on any atom is -0.306 e. The van der Waals surface area contributed by atoms with Crippen LogP contribution in [0, 0.1) is 6.92 Å². The smallest absolute Gasteiger partial charge is 0.157 e. The molecule has 0 bridgehead atoms. The van der Waals surface area contributed by atoms with Gasteiger partial charge in [-0.15, -0.1) is 0 Å². The predicted octanol–water partition coefficient (Wildman–Crippen LogP) is 4.74. The Bertz CT molecular complexity index is 1040. The summed E-state index contributed by atoms with van der Waals surface area (Å²) < 4.78 is 1.84. The van der Waals surface area contributed by atoms with Crippen molar-refractivity contribution in [2.24, 2.45) is 7.05 Å². The standard InChI is InChI=1S/C24H26N4/c1-18-22-15-20(17-26-24(22)28(2)27-18)16-25-23(21-11-7-4-8-12-21)14-13-19-9-5-3-6-10-19/h3-12,15,17,23,25H,13-14,16H2,1-2H3. The highest BCUT2D eigenvalue weighted by atomic mass is 15.3. The van der Waals surface area contributed by atoms with E-state index in [-0.39, 0.29) is 0 Å². The lowest BCUT2D eigenvalue weighted by Crippen LogP contribution is -2.21. The quantitative estimate of drug-likeness (QED) is 0.511. The Morgan fingerprint density at radius 1 is 0.964 bits per heavy atom. The number of pyridine rings is 1. The molecule has 4 heteroatoms. The molecule has 28 heavy (non-hydrogen) atoms. The molecule has 0 amide bonds. The summed E-state index contributed by atoms with van der Waals surface area (Å²) in [6.07, 6.45) is 4.05. The summed E-state index contributed by atoms with van der Waals surface area (Å²) in [6, 6.07) is 23.9. The molecule has 0 radical (unpaired) electrons. The molecule has 142 valence electrons. The van der Waals surface area contributed by atoms with Crippen LogP contribution in [0.4, 0.5) is 0 Å². The van der Waals surface area contributed by atoms with Crippen molar-refractivity contribution in [3.8, 4) is 0 Å². The maximum atomic E-state index is 4.61. The molecule has 2 aromatic heterocycles. The average Bonchev–Trinajstić information content (AvgIpc) is 3.02. The van der Waals surface area contributed by atoms with E-state index < -0.39 is 0 Å². The topological polar surface area (TPSA) is 42.7 Å². The average molecular weight is 371 g/mol. The minimum absolute atomic E-state index is 0.298. The molecule has 4 nitrogen and oxygen atoms in total. The number of hydrogen-bond donors (Lipinski definition) is 1. The van der Waals surface area contributed by atoms with Crippen molar-refractivity contribution in [3.63, 3.8) is 0 Å². The maximum Gasteiger partial charge on any atom is 0.157 e. The normalized spacial score (nSPS) is 12.4. The SMILES string of the molecule is Cc1nn(C)c2ncc(CNC(CCc3ccccc3)c3ccccc3)cc12. The Hall–Kier alpha value is -2.98. The highest BCUT2D eigenvalue weighted by Crippen LogP contribution is 2.21. The molecule has 4 rings (SSSR count). The van der Waals surface area contributed by atoms with E-state index in [1.807, 2.05) is 24.9 Å². The van der Waals surface area contributed by atoms with Gasteiger partial charge in [0.1, 0.15) is 0 Å². The van der Waals surface area contributed by atoms with Gasteiger partial charge in [-0.2, -0.15) is 5.10 Å². The van der Waals surface area contributed by atoms with Crippen molar-refractivity contribution in [3.05, 3.63) is 95.3 Å². The molecule has 0 aliphatic carbocycles. The summed E-state index contributed by atoms with van der Waals surface area (Å²) in [4.78, 5) is 4.61. The van der Waals surface area contributed by atoms with Crippen LogP contribution in [0.25, 0.3) is 11.0 Å². The number of hydrogen-bond acceptors (Lipinski definition) is 3. The molecule has 0 saturated carbocycles. The van der Waals surface area contributed by atoms with Crippen molar-refractivity contribution in [1.82, 2.24) is 20.1 Å². The Balaban J connectivity index is 1.50. The van der Waals surface area contributed by atoms with E-state index in [0.717, 1.165) is 36.1 Å². The van der Waals surface area contributed by atoms with E-state index in [1.165, 1.54) is 16.7 Å². The number of fused-ring (bicyclic) bond motifs is 1. The third kappa shape index (κ3) is 4.12. The zero-order valence-corrected chi connectivity index (χ0v) is 16.5. The Morgan fingerprint density at radius 3 is 2.43 bits per heavy atom. The molecule has 0 fully saturated rings. The van der Waals surface area contributed by atoms with E-state index in [4.69, 9.17) is 0 Å². The molecule has 4 aromatic rings. The van der Waals surface area contributed by atoms with Crippen LogP contribution in [0.3, 0.4) is 0 Å².